The molecule has 12 heavy (non-hydrogen) atoms. The van der Waals surface area contributed by atoms with Crippen molar-refractivity contribution >= 4 is 0 Å². The first-order chi connectivity index (χ1) is 5.55. The summed E-state index contributed by atoms with van der Waals surface area (Å²) in [6, 6.07) is 0. The maximum absolute atomic E-state index is 9.57. The van der Waals surface area contributed by atoms with Crippen LogP contribution in [0.2, 0.25) is 0 Å². The van der Waals surface area contributed by atoms with E-state index in [0.29, 0.717) is 0 Å². The van der Waals surface area contributed by atoms with Crippen molar-refractivity contribution in [2.75, 3.05) is 6.61 Å². The highest BCUT2D eigenvalue weighted by atomic mass is 16.3. The molecular formula is C10H16O2. The summed E-state index contributed by atoms with van der Waals surface area (Å²) >= 11 is 0. The lowest BCUT2D eigenvalue weighted by atomic mass is 9.83. The van der Waals surface area contributed by atoms with Crippen LogP contribution < -0.4 is 0 Å². The second-order valence-electron chi connectivity index (χ2n) is 3.68. The molecule has 0 radical (unpaired) electrons. The van der Waals surface area contributed by atoms with Gasteiger partial charge >= 0.3 is 0 Å². The van der Waals surface area contributed by atoms with Crippen molar-refractivity contribution in [3.63, 3.8) is 0 Å². The van der Waals surface area contributed by atoms with E-state index in [1.165, 1.54) is 0 Å². The quantitative estimate of drug-likeness (QED) is 0.609. The standard InChI is InChI=1S/C10H16O2/c1-8(7-11)9-3-5-10(2,12)6-4-9/h3,5,9,11-12H,1,4,6-7H2,2H3/t9-,10?/m1/s1. The molecule has 0 amide bonds. The lowest BCUT2D eigenvalue weighted by molar-refractivity contribution is 0.0895. The minimum Gasteiger partial charge on any atom is -0.392 e. The second-order valence-corrected chi connectivity index (χ2v) is 3.68. The molecule has 68 valence electrons. The molecule has 2 heteroatoms. The van der Waals surface area contributed by atoms with Crippen LogP contribution >= 0.6 is 0 Å². The molecule has 0 saturated heterocycles. The van der Waals surface area contributed by atoms with E-state index in [2.05, 4.69) is 6.58 Å². The van der Waals surface area contributed by atoms with Gasteiger partial charge in [-0.05, 0) is 31.3 Å². The van der Waals surface area contributed by atoms with Crippen LogP contribution in [0.25, 0.3) is 0 Å². The summed E-state index contributed by atoms with van der Waals surface area (Å²) in [5.41, 5.74) is 0.174. The minimum absolute atomic E-state index is 0.0388. The van der Waals surface area contributed by atoms with E-state index in [1.54, 1.807) is 13.0 Å². The van der Waals surface area contributed by atoms with E-state index < -0.39 is 5.60 Å². The van der Waals surface area contributed by atoms with Gasteiger partial charge in [-0.15, -0.1) is 0 Å². The lowest BCUT2D eigenvalue weighted by Crippen LogP contribution is -2.26. The number of hydrogen-bond donors (Lipinski definition) is 2. The molecule has 1 aliphatic carbocycles. The first-order valence-corrected chi connectivity index (χ1v) is 4.25. The van der Waals surface area contributed by atoms with Crippen LogP contribution in [0.3, 0.4) is 0 Å². The molecule has 1 rings (SSSR count). The summed E-state index contributed by atoms with van der Waals surface area (Å²) in [6.07, 6.45) is 5.35. The van der Waals surface area contributed by atoms with Gasteiger partial charge in [0.1, 0.15) is 0 Å². The highest BCUT2D eigenvalue weighted by molar-refractivity contribution is 5.16. The van der Waals surface area contributed by atoms with Gasteiger partial charge in [0.2, 0.25) is 0 Å². The Balaban J connectivity index is 2.60. The minimum atomic E-state index is -0.660. The van der Waals surface area contributed by atoms with E-state index in [9.17, 15) is 5.11 Å². The summed E-state index contributed by atoms with van der Waals surface area (Å²) < 4.78 is 0. The van der Waals surface area contributed by atoms with Gasteiger partial charge in [-0.3, -0.25) is 0 Å². The molecule has 0 saturated carbocycles. The third kappa shape index (κ3) is 2.19. The summed E-state index contributed by atoms with van der Waals surface area (Å²) in [7, 11) is 0. The second kappa shape index (κ2) is 3.42. The molecule has 2 nitrogen and oxygen atoms in total. The zero-order valence-electron chi connectivity index (χ0n) is 7.45. The average molecular weight is 168 g/mol. The predicted molar refractivity (Wildman–Crippen MR) is 48.7 cm³/mol. The maximum Gasteiger partial charge on any atom is 0.0800 e. The Hall–Kier alpha value is -0.600. The van der Waals surface area contributed by atoms with E-state index >= 15 is 0 Å². The average Bonchev–Trinajstić information content (AvgIpc) is 2.03. The fourth-order valence-electron chi connectivity index (χ4n) is 1.41. The van der Waals surface area contributed by atoms with E-state index in [-0.39, 0.29) is 12.5 Å². The van der Waals surface area contributed by atoms with E-state index in [4.69, 9.17) is 5.11 Å². The van der Waals surface area contributed by atoms with Gasteiger partial charge < -0.3 is 10.2 Å². The van der Waals surface area contributed by atoms with Crippen molar-refractivity contribution in [1.82, 2.24) is 0 Å². The number of aliphatic hydroxyl groups excluding tert-OH is 1. The monoisotopic (exact) mass is 168 g/mol. The van der Waals surface area contributed by atoms with Crippen molar-refractivity contribution in [1.29, 1.82) is 0 Å². The molecule has 0 aliphatic heterocycles. The first-order valence-electron chi connectivity index (χ1n) is 4.25. The Kier molecular flexibility index (Phi) is 2.70. The van der Waals surface area contributed by atoms with Crippen LogP contribution in [0.5, 0.6) is 0 Å². The molecule has 2 atom stereocenters. The number of rotatable bonds is 2. The first kappa shape index (κ1) is 9.49. The fourth-order valence-corrected chi connectivity index (χ4v) is 1.41. The molecule has 2 N–H and O–H groups in total. The molecule has 0 fully saturated rings. The van der Waals surface area contributed by atoms with Gasteiger partial charge in [0, 0.05) is 0 Å². The molecule has 0 aromatic heterocycles. The summed E-state index contributed by atoms with van der Waals surface area (Å²) in [4.78, 5) is 0. The third-order valence-corrected chi connectivity index (χ3v) is 2.38. The van der Waals surface area contributed by atoms with Gasteiger partial charge in [0.05, 0.1) is 12.2 Å². The van der Waals surface area contributed by atoms with E-state index in [1.807, 2.05) is 6.08 Å². The highest BCUT2D eigenvalue weighted by Crippen LogP contribution is 2.28. The molecule has 0 heterocycles. The van der Waals surface area contributed by atoms with Gasteiger partial charge in [-0.2, -0.15) is 0 Å². The van der Waals surface area contributed by atoms with Crippen molar-refractivity contribution < 1.29 is 10.2 Å². The van der Waals surface area contributed by atoms with Crippen LogP contribution in [0.1, 0.15) is 19.8 Å². The molecule has 0 aromatic rings. The van der Waals surface area contributed by atoms with Gasteiger partial charge in [-0.25, -0.2) is 0 Å². The zero-order chi connectivity index (χ0) is 9.19. The number of aliphatic hydroxyl groups is 2. The van der Waals surface area contributed by atoms with Crippen LogP contribution in [-0.2, 0) is 0 Å². The van der Waals surface area contributed by atoms with Crippen LogP contribution in [0, 0.1) is 5.92 Å². The third-order valence-electron chi connectivity index (χ3n) is 2.38. The van der Waals surface area contributed by atoms with Gasteiger partial charge in [0.25, 0.3) is 0 Å². The van der Waals surface area contributed by atoms with Gasteiger partial charge in [-0.1, -0.05) is 18.7 Å². The SMILES string of the molecule is C=C(CO)[C@@H]1C=CC(C)(O)CC1. The summed E-state index contributed by atoms with van der Waals surface area (Å²) in [5, 5.41) is 18.4. The van der Waals surface area contributed by atoms with Crippen molar-refractivity contribution in [2.45, 2.75) is 25.4 Å². The van der Waals surface area contributed by atoms with Crippen molar-refractivity contribution in [3.05, 3.63) is 24.3 Å². The number of hydrogen-bond acceptors (Lipinski definition) is 2. The molecule has 1 aliphatic rings. The molecule has 0 spiro atoms. The Bertz CT molecular complexity index is 204. The Labute approximate surface area is 73.2 Å². The Morgan fingerprint density at radius 2 is 2.42 bits per heavy atom. The van der Waals surface area contributed by atoms with Crippen molar-refractivity contribution in [3.8, 4) is 0 Å². The highest BCUT2D eigenvalue weighted by Gasteiger charge is 2.24. The molecule has 0 bridgehead atoms. The predicted octanol–water partition coefficient (Wildman–Crippen LogP) is 1.25. The maximum atomic E-state index is 9.57. The normalized spacial score (nSPS) is 35.1. The Morgan fingerprint density at radius 1 is 1.75 bits per heavy atom. The van der Waals surface area contributed by atoms with Crippen molar-refractivity contribution in [2.24, 2.45) is 5.92 Å². The van der Waals surface area contributed by atoms with Crippen LogP contribution in [0.4, 0.5) is 0 Å². The van der Waals surface area contributed by atoms with Crippen LogP contribution in [-0.4, -0.2) is 22.4 Å². The largest absolute Gasteiger partial charge is 0.392 e. The van der Waals surface area contributed by atoms with Crippen LogP contribution in [0.15, 0.2) is 24.3 Å². The molecular weight excluding hydrogens is 152 g/mol. The topological polar surface area (TPSA) is 40.5 Å². The number of allylic oxidation sites excluding steroid dienone is 1. The van der Waals surface area contributed by atoms with E-state index in [0.717, 1.165) is 18.4 Å². The molecule has 0 aromatic carbocycles. The zero-order valence-corrected chi connectivity index (χ0v) is 7.45. The Morgan fingerprint density at radius 3 is 2.83 bits per heavy atom. The van der Waals surface area contributed by atoms with Gasteiger partial charge in [0.15, 0.2) is 0 Å². The lowest BCUT2D eigenvalue weighted by Gasteiger charge is -2.27. The summed E-state index contributed by atoms with van der Waals surface area (Å²) in [6.45, 7) is 5.59. The summed E-state index contributed by atoms with van der Waals surface area (Å²) in [5.74, 6) is 0.246. The molecule has 1 unspecified atom stereocenters. The fraction of sp³-hybridized carbons (Fsp3) is 0.600. The smallest absolute Gasteiger partial charge is 0.0800 e.